The fourth-order valence-electron chi connectivity index (χ4n) is 2.31. The Morgan fingerprint density at radius 2 is 2.04 bits per heavy atom. The smallest absolute Gasteiger partial charge is 0.357 e. The molecule has 3 rings (SSSR count). The zero-order valence-corrected chi connectivity index (χ0v) is 16.2. The number of carbonyl (C=O) groups excluding carboxylic acids is 2. The zero-order valence-electron chi connectivity index (χ0n) is 13.8. The van der Waals surface area contributed by atoms with Crippen molar-refractivity contribution in [3.63, 3.8) is 0 Å². The Morgan fingerprint density at radius 1 is 1.27 bits per heavy atom. The van der Waals surface area contributed by atoms with Gasteiger partial charge in [-0.2, -0.15) is 0 Å². The number of aromatic nitrogens is 1. The lowest BCUT2D eigenvalue weighted by molar-refractivity contribution is -0.113. The molecule has 0 unspecified atom stereocenters. The van der Waals surface area contributed by atoms with Gasteiger partial charge < -0.3 is 10.1 Å². The topological polar surface area (TPSA) is 68.3 Å². The summed E-state index contributed by atoms with van der Waals surface area (Å²) in [6.07, 6.45) is 0. The van der Waals surface area contributed by atoms with Crippen molar-refractivity contribution >= 4 is 62.5 Å². The number of benzene rings is 2. The summed E-state index contributed by atoms with van der Waals surface area (Å²) in [7, 11) is 0. The third-order valence-electron chi connectivity index (χ3n) is 3.41. The molecule has 134 valence electrons. The Bertz CT molecular complexity index is 953. The molecule has 0 bridgehead atoms. The Hall–Kier alpha value is -2.09. The van der Waals surface area contributed by atoms with Gasteiger partial charge in [0.25, 0.3) is 0 Å². The molecule has 0 aliphatic heterocycles. The predicted molar refractivity (Wildman–Crippen MR) is 106 cm³/mol. The average molecular weight is 407 g/mol. The van der Waals surface area contributed by atoms with Gasteiger partial charge in [-0.25, -0.2) is 9.78 Å². The molecule has 0 aliphatic carbocycles. The number of amides is 1. The highest BCUT2D eigenvalue weighted by Gasteiger charge is 2.14. The van der Waals surface area contributed by atoms with E-state index < -0.39 is 5.97 Å². The monoisotopic (exact) mass is 406 g/mol. The van der Waals surface area contributed by atoms with Crippen LogP contribution in [0.5, 0.6) is 0 Å². The Kier molecular flexibility index (Phi) is 6.13. The first kappa shape index (κ1) is 18.7. The molecule has 1 aromatic heterocycles. The summed E-state index contributed by atoms with van der Waals surface area (Å²) in [4.78, 5) is 28.8. The maximum atomic E-state index is 12.2. The number of esters is 1. The van der Waals surface area contributed by atoms with Crippen molar-refractivity contribution in [1.82, 2.24) is 4.98 Å². The van der Waals surface area contributed by atoms with Crippen molar-refractivity contribution in [2.24, 2.45) is 0 Å². The van der Waals surface area contributed by atoms with Crippen molar-refractivity contribution in [2.45, 2.75) is 11.8 Å². The molecule has 1 N–H and O–H groups in total. The van der Waals surface area contributed by atoms with E-state index in [1.807, 2.05) is 36.4 Å². The van der Waals surface area contributed by atoms with Crippen LogP contribution in [0.2, 0.25) is 5.02 Å². The second-order valence-corrected chi connectivity index (χ2v) is 7.47. The highest BCUT2D eigenvalue weighted by molar-refractivity contribution is 8.00. The molecule has 0 aliphatic rings. The normalized spacial score (nSPS) is 10.7. The van der Waals surface area contributed by atoms with Crippen molar-refractivity contribution in [3.05, 3.63) is 52.5 Å². The summed E-state index contributed by atoms with van der Waals surface area (Å²) in [5.41, 5.74) is 0.195. The van der Waals surface area contributed by atoms with Gasteiger partial charge >= 0.3 is 5.97 Å². The Labute approximate surface area is 163 Å². The van der Waals surface area contributed by atoms with E-state index >= 15 is 0 Å². The van der Waals surface area contributed by atoms with E-state index in [-0.39, 0.29) is 24.0 Å². The van der Waals surface area contributed by atoms with E-state index in [0.29, 0.717) is 10.2 Å². The molecule has 1 amide bonds. The molecule has 1 heterocycles. The van der Waals surface area contributed by atoms with Crippen LogP contribution in [0.1, 0.15) is 17.4 Å². The fraction of sp³-hybridized carbons (Fsp3) is 0.167. The molecule has 0 spiro atoms. The summed E-state index contributed by atoms with van der Waals surface area (Å²) in [5, 5.41) is 7.26. The van der Waals surface area contributed by atoms with Crippen LogP contribution in [0.3, 0.4) is 0 Å². The van der Waals surface area contributed by atoms with Crippen molar-refractivity contribution in [3.8, 4) is 0 Å². The van der Waals surface area contributed by atoms with Crippen LogP contribution >= 0.6 is 34.7 Å². The lowest BCUT2D eigenvalue weighted by atomic mass is 10.1. The van der Waals surface area contributed by atoms with Crippen LogP contribution in [-0.2, 0) is 9.53 Å². The van der Waals surface area contributed by atoms with Crippen molar-refractivity contribution in [1.29, 1.82) is 0 Å². The number of nitrogens with zero attached hydrogens (tertiary/aromatic N) is 1. The van der Waals surface area contributed by atoms with E-state index in [0.717, 1.165) is 15.7 Å². The molecule has 0 atom stereocenters. The van der Waals surface area contributed by atoms with Crippen molar-refractivity contribution < 1.29 is 14.3 Å². The van der Waals surface area contributed by atoms with Crippen molar-refractivity contribution in [2.75, 3.05) is 17.7 Å². The number of thiazole rings is 1. The van der Waals surface area contributed by atoms with Crippen LogP contribution in [0.4, 0.5) is 5.13 Å². The molecular weight excluding hydrogens is 392 g/mol. The summed E-state index contributed by atoms with van der Waals surface area (Å²) < 4.78 is 4.88. The quantitative estimate of drug-likeness (QED) is 0.467. The first-order chi connectivity index (χ1) is 12.6. The minimum absolute atomic E-state index is 0.195. The number of fused-ring (bicyclic) bond motifs is 1. The first-order valence-electron chi connectivity index (χ1n) is 7.81. The lowest BCUT2D eigenvalue weighted by Gasteiger charge is -2.07. The molecule has 3 aromatic rings. The third-order valence-corrected chi connectivity index (χ3v) is 5.54. The molecule has 8 heteroatoms. The minimum atomic E-state index is -0.496. The lowest BCUT2D eigenvalue weighted by Crippen LogP contribution is -2.14. The zero-order chi connectivity index (χ0) is 18.5. The molecule has 26 heavy (non-hydrogen) atoms. The predicted octanol–water partition coefficient (Wildman–Crippen LogP) is 4.86. The maximum Gasteiger partial charge on any atom is 0.357 e. The van der Waals surface area contributed by atoms with Gasteiger partial charge in [0.05, 0.1) is 12.4 Å². The molecule has 5 nitrogen and oxygen atoms in total. The van der Waals surface area contributed by atoms with Gasteiger partial charge in [0.15, 0.2) is 10.8 Å². The Morgan fingerprint density at radius 3 is 2.81 bits per heavy atom. The largest absolute Gasteiger partial charge is 0.461 e. The van der Waals surface area contributed by atoms with E-state index in [9.17, 15) is 9.59 Å². The Balaban J connectivity index is 1.64. The van der Waals surface area contributed by atoms with Gasteiger partial charge in [0, 0.05) is 20.7 Å². The third kappa shape index (κ3) is 4.35. The highest BCUT2D eigenvalue weighted by atomic mass is 35.5. The van der Waals surface area contributed by atoms with E-state index in [4.69, 9.17) is 16.3 Å². The molecule has 0 radical (unpaired) electrons. The van der Waals surface area contributed by atoms with Crippen LogP contribution in [0.25, 0.3) is 10.8 Å². The highest BCUT2D eigenvalue weighted by Crippen LogP contribution is 2.33. The standard InChI is InChI=1S/C18H15ClN2O3S2/c1-2-24-17(23)13-9-26-18(20-13)21-15(22)10-25-14-8-4-6-11-5-3-7-12(19)16(11)14/h3-9H,2,10H2,1H3,(H,20,21,22). The number of carbonyl (C=O) groups is 2. The average Bonchev–Trinajstić information content (AvgIpc) is 3.09. The first-order valence-corrected chi connectivity index (χ1v) is 10.1. The second kappa shape index (κ2) is 8.53. The van der Waals surface area contributed by atoms with Gasteiger partial charge in [-0.05, 0) is 24.4 Å². The number of anilines is 1. The number of halogens is 1. The maximum absolute atomic E-state index is 12.2. The van der Waals surface area contributed by atoms with E-state index in [1.54, 1.807) is 12.3 Å². The van der Waals surface area contributed by atoms with Crippen LogP contribution in [0, 0.1) is 0 Å². The molecular formula is C18H15ClN2O3S2. The van der Waals surface area contributed by atoms with Gasteiger partial charge in [-0.3, -0.25) is 4.79 Å². The number of nitrogens with one attached hydrogen (secondary N) is 1. The summed E-state index contributed by atoms with van der Waals surface area (Å²) in [5.74, 6) is -0.494. The molecule has 0 saturated heterocycles. The van der Waals surface area contributed by atoms with Crippen LogP contribution in [0.15, 0.2) is 46.7 Å². The summed E-state index contributed by atoms with van der Waals surface area (Å²) in [6.45, 7) is 2.01. The van der Waals surface area contributed by atoms with Crippen LogP contribution < -0.4 is 5.32 Å². The minimum Gasteiger partial charge on any atom is -0.461 e. The van der Waals surface area contributed by atoms with E-state index in [2.05, 4.69) is 10.3 Å². The summed E-state index contributed by atoms with van der Waals surface area (Å²) in [6, 6.07) is 11.6. The second-order valence-electron chi connectivity index (χ2n) is 5.19. The number of hydrogen-bond donors (Lipinski definition) is 1. The van der Waals surface area contributed by atoms with Gasteiger partial charge in [-0.1, -0.05) is 35.9 Å². The fourth-order valence-corrected chi connectivity index (χ4v) is 4.25. The van der Waals surface area contributed by atoms with Gasteiger partial charge in [-0.15, -0.1) is 23.1 Å². The molecule has 0 fully saturated rings. The molecule has 2 aromatic carbocycles. The summed E-state index contributed by atoms with van der Waals surface area (Å²) >= 11 is 8.89. The molecule has 0 saturated carbocycles. The van der Waals surface area contributed by atoms with Gasteiger partial charge in [0.1, 0.15) is 0 Å². The van der Waals surface area contributed by atoms with Crippen LogP contribution in [-0.4, -0.2) is 29.2 Å². The number of hydrogen-bond acceptors (Lipinski definition) is 6. The number of rotatable bonds is 6. The SMILES string of the molecule is CCOC(=O)c1csc(NC(=O)CSc2cccc3cccc(Cl)c23)n1. The van der Waals surface area contributed by atoms with Gasteiger partial charge in [0.2, 0.25) is 5.91 Å². The van der Waals surface area contributed by atoms with E-state index in [1.165, 1.54) is 23.1 Å². The number of ether oxygens (including phenoxy) is 1. The number of thioether (sulfide) groups is 1.